The van der Waals surface area contributed by atoms with Crippen molar-refractivity contribution in [3.63, 3.8) is 0 Å². The summed E-state index contributed by atoms with van der Waals surface area (Å²) in [6.45, 7) is 8.66. The van der Waals surface area contributed by atoms with Crippen LogP contribution in [-0.4, -0.2) is 44.5 Å². The maximum Gasteiger partial charge on any atom is 0.259 e. The van der Waals surface area contributed by atoms with Crippen LogP contribution in [0.15, 0.2) is 29.1 Å². The molecule has 0 bridgehead atoms. The zero-order valence-electron chi connectivity index (χ0n) is 18.1. The fraction of sp³-hybridized carbons (Fsp3) is 0.500. The van der Waals surface area contributed by atoms with Crippen molar-refractivity contribution in [2.24, 2.45) is 0 Å². The second-order valence-electron chi connectivity index (χ2n) is 9.47. The van der Waals surface area contributed by atoms with Gasteiger partial charge in [0.05, 0.1) is 12.2 Å². The van der Waals surface area contributed by atoms with E-state index in [1.54, 1.807) is 0 Å². The number of fused-ring (bicyclic) bond motifs is 1. The third-order valence-electron chi connectivity index (χ3n) is 5.83. The number of aliphatic hydroxyl groups excluding tert-OH is 1. The summed E-state index contributed by atoms with van der Waals surface area (Å²) in [7, 11) is 2.05. The highest BCUT2D eigenvalue weighted by Crippen LogP contribution is 2.36. The number of aromatic amines is 1. The average molecular weight is 428 g/mol. The maximum absolute atomic E-state index is 12.8. The van der Waals surface area contributed by atoms with E-state index in [1.807, 2.05) is 31.3 Å². The molecule has 1 fully saturated rings. The van der Waals surface area contributed by atoms with E-state index in [0.29, 0.717) is 27.7 Å². The van der Waals surface area contributed by atoms with Gasteiger partial charge in [0.2, 0.25) is 5.13 Å². The standard InChI is InChI=1S/C22H29N5O2S/c1-21(2)10-13(11-22(3,4)26-21)27(5)20-25-24-19(30-20)17-15(12-28)14-8-6-7-9-16(14)23-18(17)29/h6-9,13,26,28H,10-12H2,1-5H3,(H,23,29). The molecule has 8 heteroatoms. The Hall–Kier alpha value is -2.29. The summed E-state index contributed by atoms with van der Waals surface area (Å²) >= 11 is 1.39. The van der Waals surface area contributed by atoms with E-state index in [9.17, 15) is 9.90 Å². The van der Waals surface area contributed by atoms with E-state index in [4.69, 9.17) is 0 Å². The Morgan fingerprint density at radius 2 is 1.83 bits per heavy atom. The second kappa shape index (κ2) is 7.44. The Balaban J connectivity index is 1.71. The van der Waals surface area contributed by atoms with E-state index in [2.05, 4.69) is 53.1 Å². The fourth-order valence-electron chi connectivity index (χ4n) is 4.86. The van der Waals surface area contributed by atoms with Crippen LogP contribution in [0.2, 0.25) is 0 Å². The summed E-state index contributed by atoms with van der Waals surface area (Å²) in [5.74, 6) is 0. The van der Waals surface area contributed by atoms with Crippen LogP contribution >= 0.6 is 11.3 Å². The molecule has 160 valence electrons. The summed E-state index contributed by atoms with van der Waals surface area (Å²) in [6.07, 6.45) is 1.97. The van der Waals surface area contributed by atoms with Gasteiger partial charge in [-0.05, 0) is 46.6 Å². The van der Waals surface area contributed by atoms with Crippen LogP contribution in [-0.2, 0) is 6.61 Å². The number of anilines is 1. The topological polar surface area (TPSA) is 94.1 Å². The molecule has 3 aromatic rings. The highest BCUT2D eigenvalue weighted by molar-refractivity contribution is 7.18. The number of H-pyrrole nitrogens is 1. The van der Waals surface area contributed by atoms with Crippen molar-refractivity contribution in [2.75, 3.05) is 11.9 Å². The van der Waals surface area contributed by atoms with Gasteiger partial charge in [0.25, 0.3) is 5.56 Å². The minimum atomic E-state index is -0.257. The summed E-state index contributed by atoms with van der Waals surface area (Å²) in [5.41, 5.74) is 1.48. The quantitative estimate of drug-likeness (QED) is 0.592. The van der Waals surface area contributed by atoms with Crippen LogP contribution < -0.4 is 15.8 Å². The molecule has 0 unspecified atom stereocenters. The predicted molar refractivity (Wildman–Crippen MR) is 122 cm³/mol. The Bertz CT molecular complexity index is 1120. The minimum Gasteiger partial charge on any atom is -0.392 e. The predicted octanol–water partition coefficient (Wildman–Crippen LogP) is 3.28. The van der Waals surface area contributed by atoms with Crippen molar-refractivity contribution in [2.45, 2.75) is 64.3 Å². The molecule has 0 radical (unpaired) electrons. The zero-order valence-corrected chi connectivity index (χ0v) is 18.9. The first kappa shape index (κ1) is 21.0. The van der Waals surface area contributed by atoms with Crippen molar-refractivity contribution in [3.8, 4) is 10.6 Å². The van der Waals surface area contributed by atoms with Gasteiger partial charge < -0.3 is 20.3 Å². The first-order valence-corrected chi connectivity index (χ1v) is 11.0. The summed E-state index contributed by atoms with van der Waals surface area (Å²) in [4.78, 5) is 17.9. The van der Waals surface area contributed by atoms with Gasteiger partial charge in [0, 0.05) is 40.6 Å². The minimum absolute atomic E-state index is 0.0216. The lowest BCUT2D eigenvalue weighted by atomic mass is 9.79. The number of para-hydroxylation sites is 1. The van der Waals surface area contributed by atoms with Gasteiger partial charge >= 0.3 is 0 Å². The Kier molecular flexibility index (Phi) is 5.20. The summed E-state index contributed by atoms with van der Waals surface area (Å²) < 4.78 is 0. The number of hydrogen-bond donors (Lipinski definition) is 3. The third kappa shape index (κ3) is 3.87. The fourth-order valence-corrected chi connectivity index (χ4v) is 5.81. The van der Waals surface area contributed by atoms with Gasteiger partial charge in [-0.1, -0.05) is 29.5 Å². The number of aromatic nitrogens is 3. The lowest BCUT2D eigenvalue weighted by Crippen LogP contribution is -2.61. The zero-order chi connectivity index (χ0) is 21.7. The van der Waals surface area contributed by atoms with E-state index in [0.717, 1.165) is 23.4 Å². The van der Waals surface area contributed by atoms with Crippen LogP contribution in [0.3, 0.4) is 0 Å². The molecule has 1 aliphatic heterocycles. The number of nitrogens with zero attached hydrogens (tertiary/aromatic N) is 3. The Morgan fingerprint density at radius 3 is 2.50 bits per heavy atom. The number of piperidine rings is 1. The van der Waals surface area contributed by atoms with E-state index < -0.39 is 0 Å². The number of aliphatic hydroxyl groups is 1. The molecular formula is C22H29N5O2S. The molecule has 0 amide bonds. The van der Waals surface area contributed by atoms with Crippen LogP contribution in [0, 0.1) is 0 Å². The lowest BCUT2D eigenvalue weighted by Gasteiger charge is -2.48. The molecule has 1 saturated heterocycles. The molecule has 0 saturated carbocycles. The Labute approximate surface area is 180 Å². The molecule has 0 atom stereocenters. The number of hydrogen-bond acceptors (Lipinski definition) is 7. The second-order valence-corrected chi connectivity index (χ2v) is 10.4. The van der Waals surface area contributed by atoms with Crippen molar-refractivity contribution in [3.05, 3.63) is 40.2 Å². The van der Waals surface area contributed by atoms with Gasteiger partial charge in [0.15, 0.2) is 5.01 Å². The lowest BCUT2D eigenvalue weighted by molar-refractivity contribution is 0.161. The number of rotatable bonds is 4. The molecule has 4 rings (SSSR count). The highest BCUT2D eigenvalue weighted by Gasteiger charge is 2.39. The third-order valence-corrected chi connectivity index (χ3v) is 6.86. The number of nitrogens with one attached hydrogen (secondary N) is 2. The molecule has 7 nitrogen and oxygen atoms in total. The molecule has 0 aliphatic carbocycles. The largest absolute Gasteiger partial charge is 0.392 e. The molecule has 0 spiro atoms. The smallest absolute Gasteiger partial charge is 0.259 e. The van der Waals surface area contributed by atoms with Crippen molar-refractivity contribution >= 4 is 27.4 Å². The van der Waals surface area contributed by atoms with Gasteiger partial charge in [-0.15, -0.1) is 10.2 Å². The number of benzene rings is 1. The normalized spacial score (nSPS) is 18.6. The summed E-state index contributed by atoms with van der Waals surface area (Å²) in [6, 6.07) is 7.79. The number of pyridine rings is 1. The molecular weight excluding hydrogens is 398 g/mol. The summed E-state index contributed by atoms with van der Waals surface area (Å²) in [5, 5.41) is 24.6. The van der Waals surface area contributed by atoms with Crippen molar-refractivity contribution in [1.29, 1.82) is 0 Å². The van der Waals surface area contributed by atoms with Crippen molar-refractivity contribution in [1.82, 2.24) is 20.5 Å². The van der Waals surface area contributed by atoms with Gasteiger partial charge in [0.1, 0.15) is 0 Å². The van der Waals surface area contributed by atoms with E-state index >= 15 is 0 Å². The van der Waals surface area contributed by atoms with Crippen LogP contribution in [0.25, 0.3) is 21.5 Å². The van der Waals surface area contributed by atoms with Gasteiger partial charge in [-0.2, -0.15) is 0 Å². The van der Waals surface area contributed by atoms with Crippen LogP contribution in [0.5, 0.6) is 0 Å². The monoisotopic (exact) mass is 427 g/mol. The molecule has 1 aromatic carbocycles. The highest BCUT2D eigenvalue weighted by atomic mass is 32.1. The van der Waals surface area contributed by atoms with Gasteiger partial charge in [-0.25, -0.2) is 0 Å². The van der Waals surface area contributed by atoms with E-state index in [-0.39, 0.29) is 23.2 Å². The Morgan fingerprint density at radius 1 is 1.17 bits per heavy atom. The van der Waals surface area contributed by atoms with Gasteiger partial charge in [-0.3, -0.25) is 4.79 Å². The van der Waals surface area contributed by atoms with Crippen molar-refractivity contribution < 1.29 is 5.11 Å². The molecule has 3 heterocycles. The molecule has 30 heavy (non-hydrogen) atoms. The molecule has 2 aromatic heterocycles. The maximum atomic E-state index is 12.8. The molecule has 1 aliphatic rings. The van der Waals surface area contributed by atoms with Crippen LogP contribution in [0.1, 0.15) is 46.1 Å². The average Bonchev–Trinajstić information content (AvgIpc) is 3.13. The molecule has 3 N–H and O–H groups in total. The SMILES string of the molecule is CN(c1nnc(-c2c(CO)c3ccccc3[nH]c2=O)s1)C1CC(C)(C)NC(C)(C)C1. The van der Waals surface area contributed by atoms with E-state index in [1.165, 1.54) is 11.3 Å². The van der Waals surface area contributed by atoms with Crippen LogP contribution in [0.4, 0.5) is 5.13 Å². The first-order valence-electron chi connectivity index (χ1n) is 10.2. The first-order chi connectivity index (χ1) is 14.1.